The number of nitrogens with zero attached hydrogens (tertiary/aromatic N) is 1. The monoisotopic (exact) mass is 198 g/mol. The molecule has 0 aromatic carbocycles. The van der Waals surface area contributed by atoms with Gasteiger partial charge in [-0.2, -0.15) is 0 Å². The van der Waals surface area contributed by atoms with Crippen molar-refractivity contribution in [1.82, 2.24) is 10.2 Å². The number of rotatable bonds is 1. The van der Waals surface area contributed by atoms with E-state index in [0.29, 0.717) is 0 Å². The summed E-state index contributed by atoms with van der Waals surface area (Å²) in [5, 5.41) is 3.40. The maximum absolute atomic E-state index is 5.74. The number of piperazine rings is 1. The lowest BCUT2D eigenvalue weighted by Crippen LogP contribution is -2.52. The fraction of sp³-hybridized carbons (Fsp3) is 1.00. The zero-order valence-corrected chi connectivity index (χ0v) is 9.38. The third-order valence-corrected chi connectivity index (χ3v) is 3.34. The average Bonchev–Trinajstić information content (AvgIpc) is 2.18. The first-order valence-electron chi connectivity index (χ1n) is 5.76. The van der Waals surface area contributed by atoms with Gasteiger partial charge in [0.25, 0.3) is 0 Å². The van der Waals surface area contributed by atoms with Gasteiger partial charge < -0.3 is 10.1 Å². The highest BCUT2D eigenvalue weighted by Gasteiger charge is 2.32. The molecule has 2 heterocycles. The van der Waals surface area contributed by atoms with Crippen LogP contribution in [-0.2, 0) is 4.74 Å². The highest BCUT2D eigenvalue weighted by atomic mass is 16.5. The summed E-state index contributed by atoms with van der Waals surface area (Å²) in [4.78, 5) is 2.63. The van der Waals surface area contributed by atoms with Crippen LogP contribution in [-0.4, -0.2) is 49.3 Å². The minimum atomic E-state index is 0.0911. The molecule has 2 rings (SSSR count). The standard InChI is InChI=1S/C11H22N2O/c1-11(2)9-10(3-8-14-11)13-6-4-12-5-7-13/h10,12H,3-9H2,1-2H3. The Morgan fingerprint density at radius 3 is 2.64 bits per heavy atom. The Bertz CT molecular complexity index is 188. The summed E-state index contributed by atoms with van der Waals surface area (Å²) in [5.41, 5.74) is 0.0911. The van der Waals surface area contributed by atoms with Crippen LogP contribution in [0.2, 0.25) is 0 Å². The molecule has 1 unspecified atom stereocenters. The number of nitrogens with one attached hydrogen (secondary N) is 1. The van der Waals surface area contributed by atoms with Gasteiger partial charge in [0.1, 0.15) is 0 Å². The number of ether oxygens (including phenoxy) is 1. The summed E-state index contributed by atoms with van der Waals surface area (Å²) in [6.45, 7) is 10.1. The molecule has 3 nitrogen and oxygen atoms in total. The van der Waals surface area contributed by atoms with E-state index in [1.807, 2.05) is 0 Å². The minimum Gasteiger partial charge on any atom is -0.375 e. The molecule has 2 aliphatic rings. The van der Waals surface area contributed by atoms with E-state index in [-0.39, 0.29) is 5.60 Å². The number of hydrogen-bond donors (Lipinski definition) is 1. The van der Waals surface area contributed by atoms with E-state index in [4.69, 9.17) is 4.74 Å². The third-order valence-electron chi connectivity index (χ3n) is 3.34. The van der Waals surface area contributed by atoms with Crippen molar-refractivity contribution >= 4 is 0 Å². The first-order valence-corrected chi connectivity index (χ1v) is 5.76. The lowest BCUT2D eigenvalue weighted by atomic mass is 9.92. The van der Waals surface area contributed by atoms with Crippen LogP contribution in [0.3, 0.4) is 0 Å². The smallest absolute Gasteiger partial charge is 0.0641 e. The summed E-state index contributed by atoms with van der Waals surface area (Å²) in [5.74, 6) is 0. The molecule has 2 saturated heterocycles. The van der Waals surface area contributed by atoms with E-state index in [0.717, 1.165) is 25.7 Å². The molecule has 1 atom stereocenters. The maximum atomic E-state index is 5.74. The average molecular weight is 198 g/mol. The highest BCUT2D eigenvalue weighted by Crippen LogP contribution is 2.27. The van der Waals surface area contributed by atoms with Crippen LogP contribution in [0.1, 0.15) is 26.7 Å². The second kappa shape index (κ2) is 4.17. The zero-order valence-electron chi connectivity index (χ0n) is 9.38. The first-order chi connectivity index (χ1) is 6.67. The van der Waals surface area contributed by atoms with E-state index in [1.165, 1.54) is 25.9 Å². The normalized spacial score (nSPS) is 34.3. The molecular weight excluding hydrogens is 176 g/mol. The highest BCUT2D eigenvalue weighted by molar-refractivity contribution is 4.86. The Morgan fingerprint density at radius 2 is 2.00 bits per heavy atom. The van der Waals surface area contributed by atoms with E-state index >= 15 is 0 Å². The quantitative estimate of drug-likeness (QED) is 0.676. The van der Waals surface area contributed by atoms with Gasteiger partial charge in [0.2, 0.25) is 0 Å². The fourth-order valence-electron chi connectivity index (χ4n) is 2.56. The van der Waals surface area contributed by atoms with Gasteiger partial charge in [-0.3, -0.25) is 4.90 Å². The molecule has 0 radical (unpaired) electrons. The molecule has 0 aliphatic carbocycles. The molecule has 0 spiro atoms. The lowest BCUT2D eigenvalue weighted by molar-refractivity contribution is -0.0843. The molecule has 14 heavy (non-hydrogen) atoms. The SMILES string of the molecule is CC1(C)CC(N2CCNCC2)CCO1. The van der Waals surface area contributed by atoms with E-state index in [9.17, 15) is 0 Å². The molecule has 2 fully saturated rings. The Morgan fingerprint density at radius 1 is 1.29 bits per heavy atom. The zero-order chi connectivity index (χ0) is 10.0. The van der Waals surface area contributed by atoms with E-state index < -0.39 is 0 Å². The predicted molar refractivity (Wildman–Crippen MR) is 57.5 cm³/mol. The Balaban J connectivity index is 1.89. The molecular formula is C11H22N2O. The third kappa shape index (κ3) is 2.47. The summed E-state index contributed by atoms with van der Waals surface area (Å²) in [7, 11) is 0. The van der Waals surface area contributed by atoms with Crippen molar-refractivity contribution in [2.75, 3.05) is 32.8 Å². The summed E-state index contributed by atoms with van der Waals surface area (Å²) >= 11 is 0. The molecule has 0 aromatic heterocycles. The van der Waals surface area contributed by atoms with Gasteiger partial charge in [0.05, 0.1) is 5.60 Å². The van der Waals surface area contributed by atoms with Crippen LogP contribution >= 0.6 is 0 Å². The largest absolute Gasteiger partial charge is 0.375 e. The second-order valence-electron chi connectivity index (χ2n) is 5.04. The number of hydrogen-bond acceptors (Lipinski definition) is 3. The van der Waals surface area contributed by atoms with E-state index in [1.54, 1.807) is 0 Å². The molecule has 1 N–H and O–H groups in total. The minimum absolute atomic E-state index is 0.0911. The van der Waals surface area contributed by atoms with Crippen molar-refractivity contribution in [3.05, 3.63) is 0 Å². The molecule has 0 bridgehead atoms. The van der Waals surface area contributed by atoms with Crippen LogP contribution in [0.25, 0.3) is 0 Å². The van der Waals surface area contributed by atoms with Crippen LogP contribution in [0.4, 0.5) is 0 Å². The van der Waals surface area contributed by atoms with Crippen molar-refractivity contribution in [2.24, 2.45) is 0 Å². The van der Waals surface area contributed by atoms with Gasteiger partial charge in [-0.1, -0.05) is 0 Å². The lowest BCUT2D eigenvalue weighted by Gasteiger charge is -2.42. The van der Waals surface area contributed by atoms with Gasteiger partial charge >= 0.3 is 0 Å². The van der Waals surface area contributed by atoms with Crippen molar-refractivity contribution in [1.29, 1.82) is 0 Å². The molecule has 2 aliphatic heterocycles. The summed E-state index contributed by atoms with van der Waals surface area (Å²) in [6, 6.07) is 0.751. The maximum Gasteiger partial charge on any atom is 0.0641 e. The predicted octanol–water partition coefficient (Wildman–Crippen LogP) is 0.849. The van der Waals surface area contributed by atoms with Crippen LogP contribution in [0, 0.1) is 0 Å². The van der Waals surface area contributed by atoms with Crippen molar-refractivity contribution in [2.45, 2.75) is 38.3 Å². The Hall–Kier alpha value is -0.120. The molecule has 0 amide bonds. The van der Waals surface area contributed by atoms with Crippen LogP contribution in [0.15, 0.2) is 0 Å². The molecule has 0 aromatic rings. The van der Waals surface area contributed by atoms with Gasteiger partial charge in [-0.05, 0) is 26.7 Å². The van der Waals surface area contributed by atoms with Gasteiger partial charge in [0.15, 0.2) is 0 Å². The van der Waals surface area contributed by atoms with Crippen molar-refractivity contribution in [3.8, 4) is 0 Å². The van der Waals surface area contributed by atoms with Gasteiger partial charge in [-0.15, -0.1) is 0 Å². The van der Waals surface area contributed by atoms with Crippen molar-refractivity contribution < 1.29 is 4.74 Å². The van der Waals surface area contributed by atoms with E-state index in [2.05, 4.69) is 24.1 Å². The van der Waals surface area contributed by atoms with Crippen LogP contribution in [0.5, 0.6) is 0 Å². The summed E-state index contributed by atoms with van der Waals surface area (Å²) < 4.78 is 5.74. The molecule has 0 saturated carbocycles. The van der Waals surface area contributed by atoms with Crippen molar-refractivity contribution in [3.63, 3.8) is 0 Å². The summed E-state index contributed by atoms with van der Waals surface area (Å²) in [6.07, 6.45) is 2.40. The first kappa shape index (κ1) is 10.4. The molecule has 82 valence electrons. The Kier molecular flexibility index (Phi) is 3.10. The van der Waals surface area contributed by atoms with Crippen LogP contribution < -0.4 is 5.32 Å². The Labute approximate surface area is 86.8 Å². The topological polar surface area (TPSA) is 24.5 Å². The van der Waals surface area contributed by atoms with Gasteiger partial charge in [0, 0.05) is 38.8 Å². The fourth-order valence-corrected chi connectivity index (χ4v) is 2.56. The molecule has 3 heteroatoms. The second-order valence-corrected chi connectivity index (χ2v) is 5.04. The van der Waals surface area contributed by atoms with Gasteiger partial charge in [-0.25, -0.2) is 0 Å².